The Kier molecular flexibility index (Phi) is 5.32. The van der Waals surface area contributed by atoms with E-state index in [0.29, 0.717) is 32.8 Å². The van der Waals surface area contributed by atoms with E-state index in [-0.39, 0.29) is 5.69 Å². The summed E-state index contributed by atoms with van der Waals surface area (Å²) in [4.78, 5) is 20.5. The van der Waals surface area contributed by atoms with Gasteiger partial charge in [-0.3, -0.25) is 4.79 Å². The summed E-state index contributed by atoms with van der Waals surface area (Å²) in [6.45, 7) is 0. The molecule has 1 aromatic heterocycles. The molecule has 6 nitrogen and oxygen atoms in total. The van der Waals surface area contributed by atoms with E-state index < -0.39 is 5.91 Å². The zero-order valence-electron chi connectivity index (χ0n) is 13.2. The summed E-state index contributed by atoms with van der Waals surface area (Å²) in [6, 6.07) is 15.4. The molecule has 0 saturated heterocycles. The molecule has 0 atom stereocenters. The van der Waals surface area contributed by atoms with Crippen molar-refractivity contribution in [2.24, 2.45) is 0 Å². The van der Waals surface area contributed by atoms with Crippen LogP contribution in [0.5, 0.6) is 0 Å². The fourth-order valence-corrected chi connectivity index (χ4v) is 2.66. The van der Waals surface area contributed by atoms with Gasteiger partial charge in [-0.1, -0.05) is 41.4 Å². The van der Waals surface area contributed by atoms with Gasteiger partial charge in [0, 0.05) is 6.07 Å². The van der Waals surface area contributed by atoms with Crippen LogP contribution in [0.15, 0.2) is 54.9 Å². The van der Waals surface area contributed by atoms with Crippen molar-refractivity contribution in [1.29, 1.82) is 5.26 Å². The van der Waals surface area contributed by atoms with Crippen molar-refractivity contribution in [2.45, 2.75) is 0 Å². The van der Waals surface area contributed by atoms with Crippen LogP contribution in [0.25, 0.3) is 0 Å². The first-order chi connectivity index (χ1) is 12.6. The van der Waals surface area contributed by atoms with Gasteiger partial charge in [0.2, 0.25) is 0 Å². The molecule has 3 rings (SSSR count). The van der Waals surface area contributed by atoms with Crippen LogP contribution < -0.4 is 10.6 Å². The van der Waals surface area contributed by atoms with Crippen molar-refractivity contribution in [3.8, 4) is 6.07 Å². The summed E-state index contributed by atoms with van der Waals surface area (Å²) in [5.41, 5.74) is 1.46. The van der Waals surface area contributed by atoms with Crippen molar-refractivity contribution in [1.82, 2.24) is 9.97 Å². The number of nitrogens with zero attached hydrogens (tertiary/aromatic N) is 3. The van der Waals surface area contributed by atoms with Gasteiger partial charge in [0.15, 0.2) is 0 Å². The molecule has 0 unspecified atom stereocenters. The van der Waals surface area contributed by atoms with Crippen molar-refractivity contribution in [3.63, 3.8) is 0 Å². The molecule has 3 aromatic rings. The number of anilines is 3. The minimum absolute atomic E-state index is 0.118. The molecule has 0 bridgehead atoms. The molecule has 128 valence electrons. The lowest BCUT2D eigenvalue weighted by Gasteiger charge is -2.10. The standard InChI is InChI=1S/C18H11Cl2N5O/c19-12-5-3-6-13(20)17(12)25-18(26)15-8-16(23-10-22-15)24-14-7-2-1-4-11(14)9-21/h1-8,10H,(H,25,26)(H,22,23,24). The third-order valence-electron chi connectivity index (χ3n) is 3.41. The number of halogens is 2. The van der Waals surface area contributed by atoms with E-state index in [1.807, 2.05) is 0 Å². The van der Waals surface area contributed by atoms with E-state index >= 15 is 0 Å². The zero-order chi connectivity index (χ0) is 18.5. The largest absolute Gasteiger partial charge is 0.339 e. The lowest BCUT2D eigenvalue weighted by atomic mass is 10.2. The van der Waals surface area contributed by atoms with Crippen molar-refractivity contribution in [2.75, 3.05) is 10.6 Å². The van der Waals surface area contributed by atoms with Gasteiger partial charge in [-0.05, 0) is 24.3 Å². The van der Waals surface area contributed by atoms with Crippen LogP contribution in [0.3, 0.4) is 0 Å². The fraction of sp³-hybridized carbons (Fsp3) is 0. The minimum Gasteiger partial charge on any atom is -0.339 e. The maximum absolute atomic E-state index is 12.4. The van der Waals surface area contributed by atoms with Gasteiger partial charge in [0.05, 0.1) is 27.0 Å². The molecule has 8 heteroatoms. The number of rotatable bonds is 4. The highest BCUT2D eigenvalue weighted by atomic mass is 35.5. The van der Waals surface area contributed by atoms with Gasteiger partial charge in [0.1, 0.15) is 23.9 Å². The smallest absolute Gasteiger partial charge is 0.274 e. The van der Waals surface area contributed by atoms with E-state index in [4.69, 9.17) is 28.5 Å². The molecule has 0 aliphatic rings. The molecule has 0 spiro atoms. The number of carbonyl (C=O) groups is 1. The predicted molar refractivity (Wildman–Crippen MR) is 101 cm³/mol. The zero-order valence-corrected chi connectivity index (χ0v) is 14.7. The summed E-state index contributed by atoms with van der Waals surface area (Å²) in [5.74, 6) is -0.114. The number of nitriles is 1. The van der Waals surface area contributed by atoms with Crippen molar-refractivity contribution in [3.05, 3.63) is 76.2 Å². The quantitative estimate of drug-likeness (QED) is 0.683. The lowest BCUT2D eigenvalue weighted by molar-refractivity contribution is 0.102. The highest BCUT2D eigenvalue weighted by Gasteiger charge is 2.14. The molecular weight excluding hydrogens is 373 g/mol. The first-order valence-electron chi connectivity index (χ1n) is 7.42. The summed E-state index contributed by atoms with van der Waals surface area (Å²) in [5, 5.41) is 15.4. The van der Waals surface area contributed by atoms with E-state index in [9.17, 15) is 4.79 Å². The minimum atomic E-state index is -0.487. The first-order valence-corrected chi connectivity index (χ1v) is 8.17. The maximum atomic E-state index is 12.4. The van der Waals surface area contributed by atoms with E-state index in [1.165, 1.54) is 12.4 Å². The Hall–Kier alpha value is -3.14. The molecule has 0 fully saturated rings. The average molecular weight is 384 g/mol. The number of aromatic nitrogens is 2. The molecule has 0 radical (unpaired) electrons. The fourth-order valence-electron chi connectivity index (χ4n) is 2.17. The van der Waals surface area contributed by atoms with Gasteiger partial charge < -0.3 is 10.6 Å². The number of carbonyl (C=O) groups excluding carboxylic acids is 1. The van der Waals surface area contributed by atoms with Gasteiger partial charge >= 0.3 is 0 Å². The molecule has 1 heterocycles. The number of hydrogen-bond acceptors (Lipinski definition) is 5. The highest BCUT2D eigenvalue weighted by molar-refractivity contribution is 6.40. The predicted octanol–water partition coefficient (Wildman–Crippen LogP) is 4.65. The number of nitrogens with one attached hydrogen (secondary N) is 2. The van der Waals surface area contributed by atoms with E-state index in [1.54, 1.807) is 42.5 Å². The van der Waals surface area contributed by atoms with Gasteiger partial charge in [-0.2, -0.15) is 5.26 Å². The van der Waals surface area contributed by atoms with E-state index in [2.05, 4.69) is 26.7 Å². The summed E-state index contributed by atoms with van der Waals surface area (Å²) in [6.07, 6.45) is 1.25. The second-order valence-electron chi connectivity index (χ2n) is 5.12. The molecule has 2 aromatic carbocycles. The van der Waals surface area contributed by atoms with Crippen LogP contribution in [-0.2, 0) is 0 Å². The highest BCUT2D eigenvalue weighted by Crippen LogP contribution is 2.30. The molecule has 0 saturated carbocycles. The van der Waals surface area contributed by atoms with Crippen LogP contribution in [0.4, 0.5) is 17.2 Å². The summed E-state index contributed by atoms with van der Waals surface area (Å²) >= 11 is 12.1. The Morgan fingerprint density at radius 3 is 2.50 bits per heavy atom. The second kappa shape index (κ2) is 7.83. The molecule has 2 N–H and O–H groups in total. The summed E-state index contributed by atoms with van der Waals surface area (Å²) < 4.78 is 0. The Morgan fingerprint density at radius 1 is 1.04 bits per heavy atom. The van der Waals surface area contributed by atoms with Crippen molar-refractivity contribution < 1.29 is 4.79 Å². The van der Waals surface area contributed by atoms with Gasteiger partial charge in [0.25, 0.3) is 5.91 Å². The van der Waals surface area contributed by atoms with Crippen LogP contribution in [0.2, 0.25) is 10.0 Å². The number of para-hydroxylation sites is 2. The SMILES string of the molecule is N#Cc1ccccc1Nc1cc(C(=O)Nc2c(Cl)cccc2Cl)ncn1. The molecule has 0 aliphatic heterocycles. The Morgan fingerprint density at radius 2 is 1.77 bits per heavy atom. The number of hydrogen-bond donors (Lipinski definition) is 2. The van der Waals surface area contributed by atoms with E-state index in [0.717, 1.165) is 0 Å². The van der Waals surface area contributed by atoms with Gasteiger partial charge in [-0.25, -0.2) is 9.97 Å². The molecule has 26 heavy (non-hydrogen) atoms. The number of benzene rings is 2. The Balaban J connectivity index is 1.83. The van der Waals surface area contributed by atoms with Crippen LogP contribution >= 0.6 is 23.2 Å². The lowest BCUT2D eigenvalue weighted by Crippen LogP contribution is -2.15. The topological polar surface area (TPSA) is 90.7 Å². The molecular formula is C18H11Cl2N5O. The summed E-state index contributed by atoms with van der Waals surface area (Å²) in [7, 11) is 0. The monoisotopic (exact) mass is 383 g/mol. The molecule has 1 amide bonds. The Labute approximate surface area is 159 Å². The number of amides is 1. The molecule has 0 aliphatic carbocycles. The van der Waals surface area contributed by atoms with Crippen molar-refractivity contribution >= 4 is 46.3 Å². The average Bonchev–Trinajstić information content (AvgIpc) is 2.65. The van der Waals surface area contributed by atoms with Gasteiger partial charge in [-0.15, -0.1) is 0 Å². The maximum Gasteiger partial charge on any atom is 0.274 e. The third-order valence-corrected chi connectivity index (χ3v) is 4.04. The Bertz CT molecular complexity index is 996. The third kappa shape index (κ3) is 3.91. The van der Waals surface area contributed by atoms with Crippen LogP contribution in [-0.4, -0.2) is 15.9 Å². The normalized spacial score (nSPS) is 10.0. The second-order valence-corrected chi connectivity index (χ2v) is 5.94. The van der Waals surface area contributed by atoms with Crippen LogP contribution in [0, 0.1) is 11.3 Å². The first kappa shape index (κ1) is 17.7. The van der Waals surface area contributed by atoms with Crippen LogP contribution in [0.1, 0.15) is 16.1 Å².